The quantitative estimate of drug-likeness (QED) is 0.397. The summed E-state index contributed by atoms with van der Waals surface area (Å²) in [7, 11) is 0. The molecule has 4 heterocycles. The van der Waals surface area contributed by atoms with Crippen molar-refractivity contribution >= 4 is 40.9 Å². The first-order chi connectivity index (χ1) is 18.9. The van der Waals surface area contributed by atoms with Crippen molar-refractivity contribution < 1.29 is 9.21 Å². The number of rotatable bonds is 7. The fourth-order valence-electron chi connectivity index (χ4n) is 5.78. The van der Waals surface area contributed by atoms with Gasteiger partial charge in [0.1, 0.15) is 0 Å². The van der Waals surface area contributed by atoms with Gasteiger partial charge in [0.25, 0.3) is 11.8 Å². The number of hydrogen-bond acceptors (Lipinski definition) is 9. The molecular formula is C27H34Cl2N8O2. The van der Waals surface area contributed by atoms with Gasteiger partial charge in [-0.25, -0.2) is 9.97 Å². The Kier molecular flexibility index (Phi) is 8.54. The van der Waals surface area contributed by atoms with E-state index >= 15 is 0 Å². The molecule has 3 aromatic rings. The van der Waals surface area contributed by atoms with Crippen molar-refractivity contribution in [2.75, 3.05) is 37.2 Å². The minimum atomic E-state index is 0.0727. The highest BCUT2D eigenvalue weighted by Gasteiger charge is 2.36. The van der Waals surface area contributed by atoms with Crippen LogP contribution in [0.2, 0.25) is 10.2 Å². The highest BCUT2D eigenvalue weighted by Crippen LogP contribution is 2.38. The molecule has 2 unspecified atom stereocenters. The van der Waals surface area contributed by atoms with Gasteiger partial charge >= 0.3 is 6.01 Å². The molecule has 39 heavy (non-hydrogen) atoms. The van der Waals surface area contributed by atoms with Crippen molar-refractivity contribution in [1.29, 1.82) is 0 Å². The molecule has 3 N–H and O–H groups in total. The third kappa shape index (κ3) is 5.97. The SMILES string of the molecule is CCNc1nnc(-c2nc(Cl)c(C3CCN(C4CCN(C(=O)c5ccc(Cl)cc5)CC4)C(CC)C3)nc2N)o1. The Bertz CT molecular complexity index is 1290. The van der Waals surface area contributed by atoms with E-state index in [9.17, 15) is 4.79 Å². The molecule has 0 aliphatic carbocycles. The Morgan fingerprint density at radius 2 is 1.82 bits per heavy atom. The molecule has 0 saturated carbocycles. The number of nitrogen functional groups attached to an aromatic ring is 1. The second-order valence-corrected chi connectivity index (χ2v) is 10.9. The van der Waals surface area contributed by atoms with Gasteiger partial charge in [0.15, 0.2) is 16.7 Å². The first kappa shape index (κ1) is 27.6. The van der Waals surface area contributed by atoms with Gasteiger partial charge in [-0.1, -0.05) is 35.2 Å². The van der Waals surface area contributed by atoms with Gasteiger partial charge in [0.05, 0.1) is 5.69 Å². The molecule has 2 aliphatic heterocycles. The first-order valence-corrected chi connectivity index (χ1v) is 14.3. The van der Waals surface area contributed by atoms with Crippen molar-refractivity contribution in [2.45, 2.75) is 64.0 Å². The van der Waals surface area contributed by atoms with Gasteiger partial charge in [0.2, 0.25) is 0 Å². The molecule has 2 aromatic heterocycles. The van der Waals surface area contributed by atoms with Crippen LogP contribution in [0.5, 0.6) is 0 Å². The zero-order chi connectivity index (χ0) is 27.5. The van der Waals surface area contributed by atoms with E-state index in [-0.39, 0.29) is 23.5 Å². The summed E-state index contributed by atoms with van der Waals surface area (Å²) < 4.78 is 5.59. The van der Waals surface area contributed by atoms with Crippen LogP contribution in [0.4, 0.5) is 11.8 Å². The summed E-state index contributed by atoms with van der Waals surface area (Å²) in [6.07, 6.45) is 4.79. The van der Waals surface area contributed by atoms with Crippen LogP contribution in [0, 0.1) is 0 Å². The number of hydrogen-bond donors (Lipinski definition) is 2. The number of nitrogens with one attached hydrogen (secondary N) is 1. The predicted octanol–water partition coefficient (Wildman–Crippen LogP) is 5.11. The lowest BCUT2D eigenvalue weighted by Crippen LogP contribution is -2.52. The van der Waals surface area contributed by atoms with Crippen LogP contribution < -0.4 is 11.1 Å². The van der Waals surface area contributed by atoms with E-state index in [0.717, 1.165) is 57.4 Å². The van der Waals surface area contributed by atoms with Gasteiger partial charge in [-0.3, -0.25) is 9.69 Å². The molecule has 5 rings (SSSR count). The van der Waals surface area contributed by atoms with Crippen LogP contribution in [0.1, 0.15) is 67.9 Å². The van der Waals surface area contributed by atoms with Crippen LogP contribution >= 0.6 is 23.2 Å². The highest BCUT2D eigenvalue weighted by molar-refractivity contribution is 6.30. The standard InChI is InChI=1S/C27H34Cl2N8O2/c1-3-19-15-17(21-23(29)32-22(24(30)33-21)25-34-35-27(39-25)31-4-2)9-14-37(19)20-10-12-36(13-11-20)26(38)16-5-7-18(28)8-6-16/h5-8,17,19-20H,3-4,9-15H2,1-2H3,(H2,30,33)(H,31,35). The van der Waals surface area contributed by atoms with E-state index in [2.05, 4.69) is 37.3 Å². The second-order valence-electron chi connectivity index (χ2n) is 10.1. The average Bonchev–Trinajstić information content (AvgIpc) is 3.42. The molecule has 208 valence electrons. The normalized spacial score (nSPS) is 20.8. The number of likely N-dealkylation sites (tertiary alicyclic amines) is 2. The third-order valence-corrected chi connectivity index (χ3v) is 8.32. The van der Waals surface area contributed by atoms with Crippen molar-refractivity contribution in [2.24, 2.45) is 0 Å². The second kappa shape index (κ2) is 12.1. The number of benzene rings is 1. The van der Waals surface area contributed by atoms with Gasteiger partial charge in [-0.15, -0.1) is 5.10 Å². The fourth-order valence-corrected chi connectivity index (χ4v) is 6.18. The Labute approximate surface area is 238 Å². The van der Waals surface area contributed by atoms with E-state index in [1.54, 1.807) is 24.3 Å². The lowest BCUT2D eigenvalue weighted by atomic mass is 9.85. The summed E-state index contributed by atoms with van der Waals surface area (Å²) in [5, 5.41) is 11.9. The minimum absolute atomic E-state index is 0.0727. The molecule has 0 radical (unpaired) electrons. The minimum Gasteiger partial charge on any atom is -0.402 e. The molecule has 10 nitrogen and oxygen atoms in total. The maximum Gasteiger partial charge on any atom is 0.315 e. The molecule has 2 atom stereocenters. The van der Waals surface area contributed by atoms with E-state index in [4.69, 9.17) is 33.4 Å². The number of piperidine rings is 2. The number of amides is 1. The molecule has 1 aromatic carbocycles. The lowest BCUT2D eigenvalue weighted by molar-refractivity contribution is 0.0368. The molecule has 0 bridgehead atoms. The fraction of sp³-hybridized carbons (Fsp3) is 0.519. The van der Waals surface area contributed by atoms with Crippen LogP contribution in [0.15, 0.2) is 28.7 Å². The first-order valence-electron chi connectivity index (χ1n) is 13.6. The number of nitrogens with zero attached hydrogens (tertiary/aromatic N) is 6. The van der Waals surface area contributed by atoms with E-state index in [1.165, 1.54) is 0 Å². The van der Waals surface area contributed by atoms with Crippen LogP contribution in [-0.4, -0.2) is 74.1 Å². The molecule has 2 fully saturated rings. The van der Waals surface area contributed by atoms with Crippen molar-refractivity contribution in [3.05, 3.63) is 45.7 Å². The zero-order valence-electron chi connectivity index (χ0n) is 22.2. The molecule has 2 saturated heterocycles. The number of aromatic nitrogens is 4. The molecule has 1 amide bonds. The molecule has 2 aliphatic rings. The highest BCUT2D eigenvalue weighted by atomic mass is 35.5. The smallest absolute Gasteiger partial charge is 0.315 e. The van der Waals surface area contributed by atoms with E-state index < -0.39 is 0 Å². The Morgan fingerprint density at radius 3 is 2.51 bits per heavy atom. The lowest BCUT2D eigenvalue weighted by Gasteiger charge is -2.46. The van der Waals surface area contributed by atoms with Gasteiger partial charge in [0, 0.05) is 48.2 Å². The molecule has 0 spiro atoms. The topological polar surface area (TPSA) is 126 Å². The Balaban J connectivity index is 1.22. The monoisotopic (exact) mass is 572 g/mol. The summed E-state index contributed by atoms with van der Waals surface area (Å²) in [5.41, 5.74) is 7.99. The van der Waals surface area contributed by atoms with E-state index in [1.807, 2.05) is 11.8 Å². The summed E-state index contributed by atoms with van der Waals surface area (Å²) >= 11 is 12.6. The number of nitrogens with two attached hydrogens (primary N) is 1. The third-order valence-electron chi connectivity index (χ3n) is 7.79. The summed E-state index contributed by atoms with van der Waals surface area (Å²) in [4.78, 5) is 26.7. The van der Waals surface area contributed by atoms with Crippen LogP contribution in [0.25, 0.3) is 11.6 Å². The van der Waals surface area contributed by atoms with Crippen molar-refractivity contribution in [3.63, 3.8) is 0 Å². The number of halogens is 2. The van der Waals surface area contributed by atoms with Gasteiger partial charge in [-0.2, -0.15) is 0 Å². The summed E-state index contributed by atoms with van der Waals surface area (Å²) in [6.45, 7) is 7.26. The van der Waals surface area contributed by atoms with Gasteiger partial charge in [-0.05, 0) is 69.8 Å². The summed E-state index contributed by atoms with van der Waals surface area (Å²) in [6, 6.07) is 8.26. The van der Waals surface area contributed by atoms with Crippen LogP contribution in [0.3, 0.4) is 0 Å². The number of anilines is 2. The largest absolute Gasteiger partial charge is 0.402 e. The zero-order valence-corrected chi connectivity index (χ0v) is 23.8. The number of carbonyl (C=O) groups is 1. The van der Waals surface area contributed by atoms with Crippen molar-refractivity contribution in [1.82, 2.24) is 30.0 Å². The maximum atomic E-state index is 12.9. The maximum absolute atomic E-state index is 12.9. The Hall–Kier alpha value is -2.95. The molecular weight excluding hydrogens is 539 g/mol. The van der Waals surface area contributed by atoms with Crippen molar-refractivity contribution in [3.8, 4) is 11.6 Å². The van der Waals surface area contributed by atoms with Crippen LogP contribution in [-0.2, 0) is 0 Å². The predicted molar refractivity (Wildman–Crippen MR) is 152 cm³/mol. The average molecular weight is 574 g/mol. The number of carbonyl (C=O) groups excluding carboxylic acids is 1. The summed E-state index contributed by atoms with van der Waals surface area (Å²) in [5.74, 6) is 0.651. The van der Waals surface area contributed by atoms with E-state index in [0.29, 0.717) is 46.1 Å². The Morgan fingerprint density at radius 1 is 1.08 bits per heavy atom. The molecule has 12 heteroatoms. The van der Waals surface area contributed by atoms with Gasteiger partial charge < -0.3 is 20.4 Å².